The summed E-state index contributed by atoms with van der Waals surface area (Å²) in [5, 5.41) is 6.24. The third kappa shape index (κ3) is 6.75. The van der Waals surface area contributed by atoms with Crippen molar-refractivity contribution in [3.05, 3.63) is 69.2 Å². The van der Waals surface area contributed by atoms with E-state index >= 15 is 0 Å². The molecule has 16 heteroatoms. The summed E-state index contributed by atoms with van der Waals surface area (Å²) in [5.74, 6) is -1.94. The van der Waals surface area contributed by atoms with Gasteiger partial charge in [0.05, 0.1) is 22.8 Å². The maximum atomic E-state index is 14.2. The largest absolute Gasteiger partial charge is 0.435 e. The number of nitrogens with zero attached hydrogens (tertiary/aromatic N) is 1. The summed E-state index contributed by atoms with van der Waals surface area (Å²) in [5.41, 5.74) is -5.12. The first kappa shape index (κ1) is 30.1. The molecular weight excluding hydrogens is 573 g/mol. The highest BCUT2D eigenvalue weighted by Gasteiger charge is 2.62. The number of alkyl halides is 9. The molecule has 1 aliphatic heterocycles. The molecular formula is C23H17ClF9N3O3. The Morgan fingerprint density at radius 2 is 1.67 bits per heavy atom. The Hall–Kier alpha value is -3.49. The van der Waals surface area contributed by atoms with E-state index < -0.39 is 71.6 Å². The van der Waals surface area contributed by atoms with Gasteiger partial charge in [-0.05, 0) is 42.3 Å². The molecule has 1 unspecified atom stereocenters. The molecule has 39 heavy (non-hydrogen) atoms. The van der Waals surface area contributed by atoms with Gasteiger partial charge < -0.3 is 15.5 Å². The summed E-state index contributed by atoms with van der Waals surface area (Å²) in [6.07, 6.45) is -15.6. The predicted molar refractivity (Wildman–Crippen MR) is 119 cm³/mol. The predicted octanol–water partition coefficient (Wildman–Crippen LogP) is 5.66. The maximum absolute atomic E-state index is 14.2. The van der Waals surface area contributed by atoms with Crippen molar-refractivity contribution in [3.8, 4) is 0 Å². The Kier molecular flexibility index (Phi) is 8.16. The number of hydrogen-bond donors (Lipinski definition) is 2. The second-order valence-corrected chi connectivity index (χ2v) is 8.83. The monoisotopic (exact) mass is 589 g/mol. The molecule has 0 spiro atoms. The molecule has 2 amide bonds. The average Bonchev–Trinajstić information content (AvgIpc) is 3.27. The Morgan fingerprint density at radius 1 is 1.00 bits per heavy atom. The van der Waals surface area contributed by atoms with E-state index in [4.69, 9.17) is 16.4 Å². The number of carbonyl (C=O) groups excluding carboxylic acids is 2. The SMILES string of the molecule is Cc1cc(C2=NOC(c3ccc(C(F)(F)F)c(Cl)c3)(C(F)(F)F)C2)ccc1C(=O)NCC(=O)NCC(F)(F)F. The summed E-state index contributed by atoms with van der Waals surface area (Å²) in [6, 6.07) is 5.23. The molecule has 6 nitrogen and oxygen atoms in total. The van der Waals surface area contributed by atoms with Gasteiger partial charge in [-0.15, -0.1) is 0 Å². The average molecular weight is 590 g/mol. The van der Waals surface area contributed by atoms with Gasteiger partial charge in [-0.25, -0.2) is 0 Å². The second kappa shape index (κ2) is 10.6. The van der Waals surface area contributed by atoms with E-state index in [1.165, 1.54) is 25.1 Å². The number of nitrogens with one attached hydrogen (secondary N) is 2. The number of benzene rings is 2. The second-order valence-electron chi connectivity index (χ2n) is 8.43. The van der Waals surface area contributed by atoms with Crippen LogP contribution in [0.2, 0.25) is 5.02 Å². The maximum Gasteiger partial charge on any atom is 0.435 e. The molecule has 0 saturated carbocycles. The van der Waals surface area contributed by atoms with Crippen molar-refractivity contribution in [2.75, 3.05) is 13.1 Å². The van der Waals surface area contributed by atoms with Gasteiger partial charge in [0.15, 0.2) is 0 Å². The van der Waals surface area contributed by atoms with Crippen LogP contribution in [0.1, 0.15) is 39.0 Å². The quantitative estimate of drug-likeness (QED) is 0.427. The lowest BCUT2D eigenvalue weighted by molar-refractivity contribution is -0.275. The van der Waals surface area contributed by atoms with Gasteiger partial charge in [-0.1, -0.05) is 28.9 Å². The lowest BCUT2D eigenvalue weighted by Crippen LogP contribution is -2.42. The van der Waals surface area contributed by atoms with Crippen LogP contribution in [0.5, 0.6) is 0 Å². The Morgan fingerprint density at radius 3 is 2.21 bits per heavy atom. The zero-order chi connectivity index (χ0) is 29.4. The van der Waals surface area contributed by atoms with Crippen molar-refractivity contribution in [2.24, 2.45) is 5.16 Å². The first-order valence-corrected chi connectivity index (χ1v) is 11.1. The summed E-state index contributed by atoms with van der Waals surface area (Å²) >= 11 is 5.62. The fourth-order valence-electron chi connectivity index (χ4n) is 3.67. The number of hydrogen-bond acceptors (Lipinski definition) is 4. The standard InChI is InChI=1S/C23H17ClF9N3O3/c1-11-6-12(2-4-14(11)19(38)34-9-18(37)35-10-21(25,26)27)17-8-20(39-36-17,23(31,32)33)13-3-5-15(16(24)7-13)22(28,29)30/h2-7H,8-10H2,1H3,(H,34,38)(H,35,37). The molecule has 2 aromatic carbocycles. The number of amides is 2. The van der Waals surface area contributed by atoms with Gasteiger partial charge in [0.25, 0.3) is 11.5 Å². The highest BCUT2D eigenvalue weighted by Crippen LogP contribution is 2.50. The van der Waals surface area contributed by atoms with Crippen molar-refractivity contribution < 1.29 is 53.9 Å². The van der Waals surface area contributed by atoms with Crippen LogP contribution in [-0.4, -0.2) is 43.0 Å². The first-order valence-electron chi connectivity index (χ1n) is 10.8. The molecule has 2 aromatic rings. The molecule has 2 N–H and O–H groups in total. The van der Waals surface area contributed by atoms with E-state index in [-0.39, 0.29) is 22.4 Å². The third-order valence-corrected chi connectivity index (χ3v) is 5.94. The summed E-state index contributed by atoms with van der Waals surface area (Å²) in [6.45, 7) is -0.941. The molecule has 0 aliphatic carbocycles. The van der Waals surface area contributed by atoms with Gasteiger partial charge in [0.1, 0.15) is 6.54 Å². The van der Waals surface area contributed by atoms with Crippen molar-refractivity contribution in [1.82, 2.24) is 10.6 Å². The molecule has 1 aliphatic rings. The molecule has 0 aromatic heterocycles. The van der Waals surface area contributed by atoms with Crippen LogP contribution in [0.3, 0.4) is 0 Å². The van der Waals surface area contributed by atoms with E-state index in [0.717, 1.165) is 0 Å². The van der Waals surface area contributed by atoms with Crippen molar-refractivity contribution >= 4 is 29.1 Å². The van der Waals surface area contributed by atoms with Crippen LogP contribution in [-0.2, 0) is 21.4 Å². The molecule has 212 valence electrons. The molecule has 0 bridgehead atoms. The van der Waals surface area contributed by atoms with Crippen molar-refractivity contribution in [2.45, 2.75) is 37.5 Å². The lowest BCUT2D eigenvalue weighted by Gasteiger charge is -2.30. The number of rotatable bonds is 6. The number of carbonyl (C=O) groups is 2. The third-order valence-electron chi connectivity index (χ3n) is 5.63. The van der Waals surface area contributed by atoms with E-state index in [9.17, 15) is 49.1 Å². The first-order chi connectivity index (χ1) is 17.8. The summed E-state index contributed by atoms with van der Waals surface area (Å²) in [7, 11) is 0. The van der Waals surface area contributed by atoms with Gasteiger partial charge in [-0.2, -0.15) is 39.5 Å². The van der Waals surface area contributed by atoms with Crippen molar-refractivity contribution in [1.29, 1.82) is 0 Å². The Labute approximate surface area is 219 Å². The molecule has 0 radical (unpaired) electrons. The minimum absolute atomic E-state index is 0.0292. The molecule has 1 atom stereocenters. The minimum atomic E-state index is -5.12. The zero-order valence-electron chi connectivity index (χ0n) is 19.5. The topological polar surface area (TPSA) is 79.8 Å². The highest BCUT2D eigenvalue weighted by atomic mass is 35.5. The highest BCUT2D eigenvalue weighted by molar-refractivity contribution is 6.31. The molecule has 0 saturated heterocycles. The number of aryl methyl sites for hydroxylation is 1. The van der Waals surface area contributed by atoms with E-state index in [0.29, 0.717) is 18.2 Å². The lowest BCUT2D eigenvalue weighted by atomic mass is 9.85. The number of oxime groups is 1. The van der Waals surface area contributed by atoms with Crippen LogP contribution in [0.15, 0.2) is 41.6 Å². The van der Waals surface area contributed by atoms with Gasteiger partial charge in [0.2, 0.25) is 5.91 Å². The van der Waals surface area contributed by atoms with Gasteiger partial charge >= 0.3 is 18.5 Å². The molecule has 0 fully saturated rings. The molecule has 1 heterocycles. The zero-order valence-corrected chi connectivity index (χ0v) is 20.3. The van der Waals surface area contributed by atoms with Crippen LogP contribution in [0, 0.1) is 6.92 Å². The van der Waals surface area contributed by atoms with Crippen LogP contribution in [0.25, 0.3) is 0 Å². The van der Waals surface area contributed by atoms with E-state index in [1.54, 1.807) is 5.32 Å². The number of halogens is 10. The van der Waals surface area contributed by atoms with Crippen LogP contribution in [0.4, 0.5) is 39.5 Å². The van der Waals surface area contributed by atoms with Crippen LogP contribution < -0.4 is 10.6 Å². The van der Waals surface area contributed by atoms with Gasteiger partial charge in [0, 0.05) is 17.5 Å². The fraction of sp³-hybridized carbons (Fsp3) is 0.348. The normalized spacial score (nSPS) is 17.9. The fourth-order valence-corrected chi connectivity index (χ4v) is 3.96. The minimum Gasteiger partial charge on any atom is -0.374 e. The van der Waals surface area contributed by atoms with Crippen LogP contribution >= 0.6 is 11.6 Å². The molecule has 3 rings (SSSR count). The Balaban J connectivity index is 1.78. The Bertz CT molecular complexity index is 1310. The summed E-state index contributed by atoms with van der Waals surface area (Å²) < 4.78 is 118. The van der Waals surface area contributed by atoms with Gasteiger partial charge in [-0.3, -0.25) is 9.59 Å². The van der Waals surface area contributed by atoms with E-state index in [1.807, 2.05) is 0 Å². The smallest absolute Gasteiger partial charge is 0.374 e. The summed E-state index contributed by atoms with van der Waals surface area (Å²) in [4.78, 5) is 28.6. The van der Waals surface area contributed by atoms with E-state index in [2.05, 4.69) is 10.5 Å². The van der Waals surface area contributed by atoms with Crippen molar-refractivity contribution in [3.63, 3.8) is 0 Å².